The van der Waals surface area contributed by atoms with E-state index in [1.54, 1.807) is 0 Å². The third kappa shape index (κ3) is 5.08. The zero-order valence-electron chi connectivity index (χ0n) is 29.7. The van der Waals surface area contributed by atoms with Crippen LogP contribution in [-0.2, 0) is 17.3 Å². The molecule has 2 aliphatic carbocycles. The van der Waals surface area contributed by atoms with E-state index in [0.717, 1.165) is 12.1 Å². The quantitative estimate of drug-likeness (QED) is 0.186. The molecule has 0 fully saturated rings. The Morgan fingerprint density at radius 1 is 0.385 bits per heavy atom. The highest BCUT2D eigenvalue weighted by Crippen LogP contribution is 2.62. The van der Waals surface area contributed by atoms with Crippen LogP contribution in [-0.4, -0.2) is 0 Å². The van der Waals surface area contributed by atoms with E-state index < -0.39 is 0 Å². The van der Waals surface area contributed by atoms with E-state index in [9.17, 15) is 0 Å². The number of hydrogen-bond donors (Lipinski definition) is 1. The molecule has 52 heavy (non-hydrogen) atoms. The summed E-state index contributed by atoms with van der Waals surface area (Å²) >= 11 is 0. The highest BCUT2D eigenvalue weighted by molar-refractivity contribution is 5.90. The second-order valence-corrected chi connectivity index (χ2v) is 14.7. The van der Waals surface area contributed by atoms with Gasteiger partial charge in [0.2, 0.25) is 0 Å². The Morgan fingerprint density at radius 2 is 0.904 bits per heavy atom. The topological polar surface area (TPSA) is 26.0 Å². The zero-order chi connectivity index (χ0) is 35.3. The van der Waals surface area contributed by atoms with Gasteiger partial charge >= 0.3 is 0 Å². The second kappa shape index (κ2) is 12.5. The first kappa shape index (κ1) is 31.8. The molecular formula is C51H41N. The highest BCUT2D eigenvalue weighted by Gasteiger charge is 2.53. The van der Waals surface area contributed by atoms with Gasteiger partial charge in [-0.25, -0.2) is 0 Å². The van der Waals surface area contributed by atoms with Gasteiger partial charge in [-0.05, 0) is 102 Å². The number of fused-ring (bicyclic) bond motifs is 10. The van der Waals surface area contributed by atoms with Gasteiger partial charge in [0.05, 0.1) is 5.41 Å². The van der Waals surface area contributed by atoms with Gasteiger partial charge in [0.25, 0.3) is 0 Å². The highest BCUT2D eigenvalue weighted by atomic mass is 14.6. The summed E-state index contributed by atoms with van der Waals surface area (Å²) in [6.07, 6.45) is 0.985. The maximum absolute atomic E-state index is 6.24. The first-order valence-corrected chi connectivity index (χ1v) is 18.3. The van der Waals surface area contributed by atoms with Crippen LogP contribution in [0.2, 0.25) is 0 Å². The molecule has 0 bridgehead atoms. The van der Waals surface area contributed by atoms with Crippen molar-refractivity contribution in [3.8, 4) is 22.3 Å². The van der Waals surface area contributed by atoms with Crippen LogP contribution in [0.25, 0.3) is 33.0 Å². The van der Waals surface area contributed by atoms with Gasteiger partial charge in [-0.2, -0.15) is 0 Å². The van der Waals surface area contributed by atoms with Crippen LogP contribution in [0.5, 0.6) is 0 Å². The first-order chi connectivity index (χ1) is 25.4. The average molecular weight is 668 g/mol. The molecule has 0 saturated heterocycles. The van der Waals surface area contributed by atoms with E-state index in [0.29, 0.717) is 0 Å². The van der Waals surface area contributed by atoms with E-state index in [1.807, 2.05) is 0 Å². The lowest BCUT2D eigenvalue weighted by Crippen LogP contribution is -2.40. The number of nitrogens with two attached hydrogens (primary N) is 1. The van der Waals surface area contributed by atoms with E-state index in [2.05, 4.69) is 202 Å². The average Bonchev–Trinajstić information content (AvgIpc) is 3.48. The van der Waals surface area contributed by atoms with Gasteiger partial charge in [-0.15, -0.1) is 0 Å². The van der Waals surface area contributed by atoms with Crippen LogP contribution in [0.15, 0.2) is 188 Å². The van der Waals surface area contributed by atoms with Crippen molar-refractivity contribution < 1.29 is 0 Å². The summed E-state index contributed by atoms with van der Waals surface area (Å²) in [4.78, 5) is 0. The number of rotatable bonds is 3. The summed E-state index contributed by atoms with van der Waals surface area (Å²) < 4.78 is 0. The minimum absolute atomic E-state index is 0.0516. The predicted molar refractivity (Wildman–Crippen MR) is 219 cm³/mol. The summed E-state index contributed by atoms with van der Waals surface area (Å²) in [6.45, 7) is 4.70. The fraction of sp³-hybridized carbons (Fsp3) is 0.0980. The predicted octanol–water partition coefficient (Wildman–Crippen LogP) is 12.4. The maximum Gasteiger partial charge on any atom is 0.0719 e. The number of nitrogen functional groups attached to an aromatic ring is 1. The van der Waals surface area contributed by atoms with Crippen molar-refractivity contribution in [1.82, 2.24) is 0 Å². The standard InChI is InChI=1S/C28H23N.C23H18/c1-27(2)23-11-5-7-13-25(23)28(26-14-8-6-12-24(26)27)21-10-4-3-9-19(21)20-17-18(29)15-16-22(20)28;1-2-6-18(7-3-1)16-19-10-12-21(13-11-19)23-15-14-20-8-4-5-9-22(20)17-23/h3-17H,29H2,1-2H3;1-15,17H,16H2. The Balaban J connectivity index is 0.000000142. The Kier molecular flexibility index (Phi) is 7.67. The molecule has 8 aromatic rings. The van der Waals surface area contributed by atoms with Crippen molar-refractivity contribution >= 4 is 16.5 Å². The van der Waals surface area contributed by atoms with Crippen molar-refractivity contribution in [2.24, 2.45) is 0 Å². The monoisotopic (exact) mass is 667 g/mol. The summed E-state index contributed by atoms with van der Waals surface area (Å²) in [5.74, 6) is 0. The lowest BCUT2D eigenvalue weighted by Gasteiger charge is -2.46. The first-order valence-electron chi connectivity index (χ1n) is 18.3. The summed E-state index contributed by atoms with van der Waals surface area (Å²) in [7, 11) is 0. The Hall–Kier alpha value is -6.18. The van der Waals surface area contributed by atoms with Crippen LogP contribution in [0.4, 0.5) is 5.69 Å². The third-order valence-electron chi connectivity index (χ3n) is 11.4. The number of benzene rings is 8. The fourth-order valence-electron chi connectivity index (χ4n) is 8.90. The molecule has 2 aliphatic rings. The van der Waals surface area contributed by atoms with Crippen molar-refractivity contribution in [2.45, 2.75) is 31.1 Å². The second-order valence-electron chi connectivity index (χ2n) is 14.7. The third-order valence-corrected chi connectivity index (χ3v) is 11.4. The Bertz CT molecular complexity index is 2530. The van der Waals surface area contributed by atoms with Crippen LogP contribution in [0, 0.1) is 0 Å². The van der Waals surface area contributed by atoms with Crippen LogP contribution >= 0.6 is 0 Å². The molecule has 2 N–H and O–H groups in total. The van der Waals surface area contributed by atoms with Crippen molar-refractivity contribution in [1.29, 1.82) is 0 Å². The maximum atomic E-state index is 6.24. The molecule has 0 radical (unpaired) electrons. The molecule has 250 valence electrons. The van der Waals surface area contributed by atoms with Gasteiger partial charge in [0, 0.05) is 11.1 Å². The van der Waals surface area contributed by atoms with Gasteiger partial charge in [-0.3, -0.25) is 0 Å². The van der Waals surface area contributed by atoms with E-state index in [4.69, 9.17) is 5.73 Å². The summed E-state index contributed by atoms with van der Waals surface area (Å²) in [6, 6.07) is 68.0. The lowest BCUT2D eigenvalue weighted by molar-refractivity contribution is 0.563. The smallest absolute Gasteiger partial charge is 0.0719 e. The van der Waals surface area contributed by atoms with E-state index in [-0.39, 0.29) is 10.8 Å². The summed E-state index contributed by atoms with van der Waals surface area (Å²) in [5, 5.41) is 2.58. The SMILES string of the molecule is CC1(C)c2ccccc2C2(c3ccccc3-c3cc(N)ccc32)c2ccccc21.c1ccc(Cc2ccc(-c3ccc4ccccc4c3)cc2)cc1. The molecule has 0 atom stereocenters. The molecular weight excluding hydrogens is 627 g/mol. The van der Waals surface area contributed by atoms with Gasteiger partial charge in [0.1, 0.15) is 0 Å². The van der Waals surface area contributed by atoms with Crippen LogP contribution in [0.1, 0.15) is 58.4 Å². The molecule has 10 rings (SSSR count). The number of hydrogen-bond acceptors (Lipinski definition) is 1. The molecule has 0 saturated carbocycles. The molecule has 0 unspecified atom stereocenters. The fourth-order valence-corrected chi connectivity index (χ4v) is 8.90. The van der Waals surface area contributed by atoms with Gasteiger partial charge in [-0.1, -0.05) is 184 Å². The molecule has 1 heteroatoms. The number of anilines is 1. The largest absolute Gasteiger partial charge is 0.399 e. The zero-order valence-corrected chi connectivity index (χ0v) is 29.7. The minimum atomic E-state index is -0.303. The summed E-state index contributed by atoms with van der Waals surface area (Å²) in [5.41, 5.74) is 22.8. The molecule has 1 spiro atoms. The molecule has 0 aliphatic heterocycles. The van der Waals surface area contributed by atoms with Gasteiger partial charge < -0.3 is 5.73 Å². The molecule has 1 nitrogen and oxygen atoms in total. The van der Waals surface area contributed by atoms with Crippen molar-refractivity contribution in [3.63, 3.8) is 0 Å². The van der Waals surface area contributed by atoms with Crippen molar-refractivity contribution in [3.05, 3.63) is 233 Å². The molecule has 0 aromatic heterocycles. The normalized spacial score (nSPS) is 14.0. The van der Waals surface area contributed by atoms with Gasteiger partial charge in [0.15, 0.2) is 0 Å². The van der Waals surface area contributed by atoms with Crippen molar-refractivity contribution in [2.75, 3.05) is 5.73 Å². The Labute approximate surface area is 307 Å². The van der Waals surface area contributed by atoms with Crippen LogP contribution < -0.4 is 5.73 Å². The van der Waals surface area contributed by atoms with E-state index in [1.165, 1.54) is 77.5 Å². The Morgan fingerprint density at radius 3 is 1.60 bits per heavy atom. The molecule has 8 aromatic carbocycles. The van der Waals surface area contributed by atoms with E-state index >= 15 is 0 Å². The lowest BCUT2D eigenvalue weighted by atomic mass is 9.55. The molecule has 0 amide bonds. The minimum Gasteiger partial charge on any atom is -0.399 e. The van der Waals surface area contributed by atoms with Crippen LogP contribution in [0.3, 0.4) is 0 Å². The molecule has 0 heterocycles.